The average molecular weight is 143 g/mol. The number of nitrogens with zero attached hydrogens (tertiary/aromatic N) is 1. The van der Waals surface area contributed by atoms with E-state index >= 15 is 0 Å². The fourth-order valence-corrected chi connectivity index (χ4v) is 0.665. The first kappa shape index (κ1) is 6.99. The van der Waals surface area contributed by atoms with E-state index < -0.39 is 11.7 Å². The van der Waals surface area contributed by atoms with Crippen LogP contribution >= 0.6 is 0 Å². The Hall–Kier alpha value is -1.12. The van der Waals surface area contributed by atoms with Gasteiger partial charge in [0.1, 0.15) is 11.7 Å². The molecule has 1 aliphatic heterocycles. The molecule has 0 fully saturated rings. The average Bonchev–Trinajstić information content (AvgIpc) is 1.82. The summed E-state index contributed by atoms with van der Waals surface area (Å²) in [6, 6.07) is 0. The molecule has 0 N–H and O–H groups in total. The number of rotatable bonds is 0. The fraction of sp³-hybridized carbons (Fsp3) is 0.143. The van der Waals surface area contributed by atoms with Crippen LogP contribution in [0.4, 0.5) is 8.78 Å². The van der Waals surface area contributed by atoms with E-state index in [1.54, 1.807) is 7.05 Å². The van der Waals surface area contributed by atoms with Crippen LogP contribution in [0.25, 0.3) is 0 Å². The van der Waals surface area contributed by atoms with Gasteiger partial charge >= 0.3 is 0 Å². The van der Waals surface area contributed by atoms with E-state index in [0.717, 1.165) is 0 Å². The molecule has 0 bridgehead atoms. The van der Waals surface area contributed by atoms with Gasteiger partial charge in [0.15, 0.2) is 0 Å². The third-order valence-corrected chi connectivity index (χ3v) is 1.21. The van der Waals surface area contributed by atoms with E-state index in [1.807, 2.05) is 0 Å². The van der Waals surface area contributed by atoms with Crippen LogP contribution in [0.2, 0.25) is 0 Å². The van der Waals surface area contributed by atoms with Crippen molar-refractivity contribution in [2.45, 2.75) is 0 Å². The molecule has 54 valence electrons. The van der Waals surface area contributed by atoms with Crippen LogP contribution < -0.4 is 0 Å². The smallest absolute Gasteiger partial charge is 0.148 e. The van der Waals surface area contributed by atoms with Crippen LogP contribution in [0.5, 0.6) is 0 Å². The second kappa shape index (κ2) is 2.25. The molecule has 0 radical (unpaired) electrons. The third-order valence-electron chi connectivity index (χ3n) is 1.21. The van der Waals surface area contributed by atoms with E-state index in [9.17, 15) is 8.78 Å². The number of hydrogen-bond acceptors (Lipinski definition) is 1. The Kier molecular flexibility index (Phi) is 1.57. The topological polar surface area (TPSA) is 3.24 Å². The van der Waals surface area contributed by atoms with Crippen LogP contribution in [0.1, 0.15) is 0 Å². The lowest BCUT2D eigenvalue weighted by atomic mass is 10.2. The second-order valence-corrected chi connectivity index (χ2v) is 2.10. The van der Waals surface area contributed by atoms with Gasteiger partial charge in [-0.05, 0) is 0 Å². The van der Waals surface area contributed by atoms with E-state index in [1.165, 1.54) is 17.3 Å². The maximum Gasteiger partial charge on any atom is 0.148 e. The Labute approximate surface area is 57.9 Å². The van der Waals surface area contributed by atoms with Crippen molar-refractivity contribution in [3.8, 4) is 0 Å². The molecular weight excluding hydrogens is 136 g/mol. The molecule has 1 aliphatic rings. The molecule has 1 nitrogen and oxygen atoms in total. The minimum absolute atomic E-state index is 0.182. The van der Waals surface area contributed by atoms with Crippen molar-refractivity contribution in [3.63, 3.8) is 0 Å². The lowest BCUT2D eigenvalue weighted by Crippen LogP contribution is -2.08. The summed E-state index contributed by atoms with van der Waals surface area (Å²) in [5, 5.41) is 0. The molecule has 0 amide bonds. The van der Waals surface area contributed by atoms with E-state index in [-0.39, 0.29) is 5.57 Å². The molecule has 0 saturated heterocycles. The third kappa shape index (κ3) is 1.07. The quantitative estimate of drug-likeness (QED) is 0.502. The Bertz CT molecular complexity index is 206. The largest absolute Gasteiger partial charge is 0.352 e. The molecule has 0 unspecified atom stereocenters. The molecule has 3 heteroatoms. The summed E-state index contributed by atoms with van der Waals surface area (Å²) in [4.78, 5) is 1.30. The van der Waals surface area contributed by atoms with Crippen molar-refractivity contribution in [1.82, 2.24) is 4.90 Å². The summed E-state index contributed by atoms with van der Waals surface area (Å²) in [6.45, 7) is 3.20. The predicted molar refractivity (Wildman–Crippen MR) is 35.3 cm³/mol. The number of halogens is 2. The molecule has 10 heavy (non-hydrogen) atoms. The zero-order chi connectivity index (χ0) is 7.72. The lowest BCUT2D eigenvalue weighted by molar-refractivity contribution is 0.504. The van der Waals surface area contributed by atoms with E-state index in [0.29, 0.717) is 0 Å². The van der Waals surface area contributed by atoms with Gasteiger partial charge in [-0.15, -0.1) is 0 Å². The first-order valence-electron chi connectivity index (χ1n) is 2.77. The van der Waals surface area contributed by atoms with E-state index in [2.05, 4.69) is 6.58 Å². The highest BCUT2D eigenvalue weighted by molar-refractivity contribution is 5.39. The maximum atomic E-state index is 12.5. The van der Waals surface area contributed by atoms with Gasteiger partial charge in [-0.1, -0.05) is 6.58 Å². The van der Waals surface area contributed by atoms with Gasteiger partial charge in [-0.2, -0.15) is 0 Å². The van der Waals surface area contributed by atoms with Crippen LogP contribution in [0.3, 0.4) is 0 Å². The predicted octanol–water partition coefficient (Wildman–Crippen LogP) is 2.11. The molecule has 0 aromatic rings. The summed E-state index contributed by atoms with van der Waals surface area (Å²) >= 11 is 0. The molecule has 1 heterocycles. The van der Waals surface area contributed by atoms with Gasteiger partial charge in [0.2, 0.25) is 0 Å². The van der Waals surface area contributed by atoms with Crippen molar-refractivity contribution < 1.29 is 8.78 Å². The molecule has 0 aromatic heterocycles. The van der Waals surface area contributed by atoms with Gasteiger partial charge < -0.3 is 4.90 Å². The summed E-state index contributed by atoms with van der Waals surface area (Å²) in [6.07, 6.45) is 2.34. The Morgan fingerprint density at radius 2 is 1.70 bits per heavy atom. The maximum absolute atomic E-state index is 12.5. The highest BCUT2D eigenvalue weighted by Crippen LogP contribution is 2.24. The zero-order valence-electron chi connectivity index (χ0n) is 5.56. The van der Waals surface area contributed by atoms with E-state index in [4.69, 9.17) is 0 Å². The summed E-state index contributed by atoms with van der Waals surface area (Å²) in [7, 11) is 1.55. The second-order valence-electron chi connectivity index (χ2n) is 2.10. The van der Waals surface area contributed by atoms with Crippen molar-refractivity contribution in [2.75, 3.05) is 7.05 Å². The highest BCUT2D eigenvalue weighted by Gasteiger charge is 2.13. The summed E-state index contributed by atoms with van der Waals surface area (Å²) in [5.41, 5.74) is -0.182. The van der Waals surface area contributed by atoms with Crippen molar-refractivity contribution >= 4 is 0 Å². The van der Waals surface area contributed by atoms with Gasteiger partial charge in [0.25, 0.3) is 0 Å². The van der Waals surface area contributed by atoms with Crippen molar-refractivity contribution in [1.29, 1.82) is 0 Å². The minimum Gasteiger partial charge on any atom is -0.352 e. The minimum atomic E-state index is -0.623. The van der Waals surface area contributed by atoms with Crippen LogP contribution in [-0.2, 0) is 0 Å². The monoisotopic (exact) mass is 143 g/mol. The van der Waals surface area contributed by atoms with Crippen LogP contribution in [0, 0.1) is 0 Å². The lowest BCUT2D eigenvalue weighted by Gasteiger charge is -2.14. The molecule has 0 atom stereocenters. The van der Waals surface area contributed by atoms with Gasteiger partial charge in [0.05, 0.1) is 0 Å². The highest BCUT2D eigenvalue weighted by atomic mass is 19.1. The zero-order valence-corrected chi connectivity index (χ0v) is 5.56. The normalized spacial score (nSPS) is 18.7. The number of allylic oxidation sites excluding steroid dienone is 3. The molecule has 0 spiro atoms. The first-order valence-corrected chi connectivity index (χ1v) is 2.77. The van der Waals surface area contributed by atoms with Crippen molar-refractivity contribution in [3.05, 3.63) is 36.2 Å². The fourth-order valence-electron chi connectivity index (χ4n) is 0.665. The van der Waals surface area contributed by atoms with Crippen molar-refractivity contribution in [2.24, 2.45) is 0 Å². The molecule has 1 rings (SSSR count). The Balaban J connectivity index is 2.94. The van der Waals surface area contributed by atoms with Crippen LogP contribution in [-0.4, -0.2) is 11.9 Å². The van der Waals surface area contributed by atoms with Gasteiger partial charge in [-0.25, -0.2) is 8.78 Å². The first-order chi connectivity index (χ1) is 4.61. The SMILES string of the molecule is C=C1C(F)=CN(C)C=C1F. The molecule has 0 aliphatic carbocycles. The standard InChI is InChI=1S/C7H7F2N/c1-5-6(8)3-10(2)4-7(5)9/h3-4H,1H2,2H3. The molecule has 0 saturated carbocycles. The summed E-state index contributed by atoms with van der Waals surface area (Å²) in [5.74, 6) is -1.25. The molecular formula is C7H7F2N. The molecule has 0 aromatic carbocycles. The Morgan fingerprint density at radius 3 is 2.10 bits per heavy atom. The summed E-state index contributed by atoms with van der Waals surface area (Å²) < 4.78 is 25.0. The number of hydrogen-bond donors (Lipinski definition) is 0. The van der Waals surface area contributed by atoms with Gasteiger partial charge in [-0.3, -0.25) is 0 Å². The van der Waals surface area contributed by atoms with Crippen LogP contribution in [0.15, 0.2) is 36.2 Å². The van der Waals surface area contributed by atoms with Gasteiger partial charge in [0, 0.05) is 25.0 Å². The Morgan fingerprint density at radius 1 is 1.30 bits per heavy atom.